The largest absolute Gasteiger partial charge is 0.481 e. The summed E-state index contributed by atoms with van der Waals surface area (Å²) in [6.07, 6.45) is -0.695. The number of fused-ring (bicyclic) bond motifs is 1. The fraction of sp³-hybridized carbons (Fsp3) is 0.167. The van der Waals surface area contributed by atoms with Crippen molar-refractivity contribution in [2.75, 3.05) is 10.6 Å². The molecule has 3 rings (SSSR count). The van der Waals surface area contributed by atoms with Crippen LogP contribution in [0.5, 0.6) is 0 Å². The van der Waals surface area contributed by atoms with Gasteiger partial charge in [0.25, 0.3) is 5.91 Å². The summed E-state index contributed by atoms with van der Waals surface area (Å²) < 4.78 is 0. The highest BCUT2D eigenvalue weighted by Crippen LogP contribution is 2.25. The van der Waals surface area contributed by atoms with Gasteiger partial charge >= 0.3 is 18.0 Å². The van der Waals surface area contributed by atoms with Crippen LogP contribution in [0, 0.1) is 6.92 Å². The first-order chi connectivity index (χ1) is 15.7. The van der Waals surface area contributed by atoms with Crippen molar-refractivity contribution in [3.63, 3.8) is 0 Å². The molecule has 9 heteroatoms. The van der Waals surface area contributed by atoms with E-state index >= 15 is 0 Å². The van der Waals surface area contributed by atoms with Crippen LogP contribution in [-0.4, -0.2) is 40.1 Å². The van der Waals surface area contributed by atoms with Gasteiger partial charge in [-0.05, 0) is 47.9 Å². The summed E-state index contributed by atoms with van der Waals surface area (Å²) in [5.74, 6) is -3.27. The number of aliphatic carboxylic acids is 2. The minimum atomic E-state index is -1.39. The van der Waals surface area contributed by atoms with Crippen molar-refractivity contribution in [3.8, 4) is 0 Å². The molecule has 0 radical (unpaired) electrons. The molecule has 170 valence electrons. The Morgan fingerprint density at radius 2 is 1.45 bits per heavy atom. The molecule has 0 heterocycles. The average molecular weight is 449 g/mol. The lowest BCUT2D eigenvalue weighted by atomic mass is 10.0. The molecule has 0 saturated heterocycles. The predicted octanol–water partition coefficient (Wildman–Crippen LogP) is 3.84. The van der Waals surface area contributed by atoms with Crippen molar-refractivity contribution in [1.82, 2.24) is 5.32 Å². The van der Waals surface area contributed by atoms with E-state index < -0.39 is 36.3 Å². The smallest absolute Gasteiger partial charge is 0.326 e. The number of carboxylic acid groups (broad SMARTS) is 2. The molecule has 1 atom stereocenters. The first-order valence-corrected chi connectivity index (χ1v) is 10.2. The molecule has 33 heavy (non-hydrogen) atoms. The first kappa shape index (κ1) is 23.3. The van der Waals surface area contributed by atoms with Gasteiger partial charge in [0, 0.05) is 12.1 Å². The number of carbonyl (C=O) groups is 4. The molecule has 0 bridgehead atoms. The molecule has 5 N–H and O–H groups in total. The molecule has 3 aromatic carbocycles. The maximum Gasteiger partial charge on any atom is 0.326 e. The molecule has 0 aliphatic carbocycles. The Morgan fingerprint density at radius 1 is 0.848 bits per heavy atom. The van der Waals surface area contributed by atoms with Crippen LogP contribution in [0.1, 0.15) is 28.8 Å². The SMILES string of the molecule is Cc1ccccc1NC(=O)Nc1cc2ccccc2cc1C(=O)N[C@@H](CCC(=O)O)C(=O)O. The van der Waals surface area contributed by atoms with E-state index in [0.29, 0.717) is 11.1 Å². The molecule has 9 nitrogen and oxygen atoms in total. The van der Waals surface area contributed by atoms with E-state index in [1.54, 1.807) is 36.4 Å². The van der Waals surface area contributed by atoms with Crippen LogP contribution in [0.2, 0.25) is 0 Å². The van der Waals surface area contributed by atoms with E-state index in [0.717, 1.165) is 10.9 Å². The van der Waals surface area contributed by atoms with Crippen LogP contribution in [0.4, 0.5) is 16.2 Å². The van der Waals surface area contributed by atoms with Crippen LogP contribution in [-0.2, 0) is 9.59 Å². The molecule has 0 fully saturated rings. The Bertz CT molecular complexity index is 1220. The van der Waals surface area contributed by atoms with Crippen LogP contribution < -0.4 is 16.0 Å². The number of carboxylic acids is 2. The summed E-state index contributed by atoms with van der Waals surface area (Å²) in [6.45, 7) is 1.84. The van der Waals surface area contributed by atoms with Gasteiger partial charge in [-0.3, -0.25) is 9.59 Å². The normalized spacial score (nSPS) is 11.4. The third-order valence-electron chi connectivity index (χ3n) is 5.02. The van der Waals surface area contributed by atoms with Gasteiger partial charge in [0.1, 0.15) is 6.04 Å². The highest BCUT2D eigenvalue weighted by molar-refractivity contribution is 6.10. The van der Waals surface area contributed by atoms with Gasteiger partial charge in [-0.2, -0.15) is 0 Å². The molecular formula is C24H23N3O6. The lowest BCUT2D eigenvalue weighted by molar-refractivity contribution is -0.140. The number of hydrogen-bond donors (Lipinski definition) is 5. The summed E-state index contributed by atoms with van der Waals surface area (Å²) in [7, 11) is 0. The van der Waals surface area contributed by atoms with E-state index in [4.69, 9.17) is 5.11 Å². The maximum absolute atomic E-state index is 13.0. The van der Waals surface area contributed by atoms with Crippen molar-refractivity contribution in [2.45, 2.75) is 25.8 Å². The van der Waals surface area contributed by atoms with Gasteiger partial charge in [-0.25, -0.2) is 9.59 Å². The third-order valence-corrected chi connectivity index (χ3v) is 5.02. The van der Waals surface area contributed by atoms with Gasteiger partial charge in [-0.1, -0.05) is 42.5 Å². The Hall–Kier alpha value is -4.40. The second kappa shape index (κ2) is 10.3. The van der Waals surface area contributed by atoms with Gasteiger partial charge in [0.05, 0.1) is 11.3 Å². The number of hydrogen-bond acceptors (Lipinski definition) is 4. The lowest BCUT2D eigenvalue weighted by Crippen LogP contribution is -2.41. The highest BCUT2D eigenvalue weighted by atomic mass is 16.4. The topological polar surface area (TPSA) is 145 Å². The van der Waals surface area contributed by atoms with Crippen LogP contribution in [0.15, 0.2) is 60.7 Å². The van der Waals surface area contributed by atoms with Crippen molar-refractivity contribution in [3.05, 3.63) is 71.8 Å². The Labute approximate surface area is 189 Å². The predicted molar refractivity (Wildman–Crippen MR) is 124 cm³/mol. The van der Waals surface area contributed by atoms with Crippen LogP contribution in [0.3, 0.4) is 0 Å². The molecule has 0 unspecified atom stereocenters. The summed E-state index contributed by atoms with van der Waals surface area (Å²) in [5, 5.41) is 27.4. The minimum absolute atomic E-state index is 0.0511. The van der Waals surface area contributed by atoms with Crippen molar-refractivity contribution >= 4 is 46.0 Å². The number of anilines is 2. The molecule has 0 aromatic heterocycles. The van der Waals surface area contributed by atoms with Crippen molar-refractivity contribution < 1.29 is 29.4 Å². The lowest BCUT2D eigenvalue weighted by Gasteiger charge is -2.17. The average Bonchev–Trinajstić information content (AvgIpc) is 2.77. The number of nitrogens with one attached hydrogen (secondary N) is 3. The standard InChI is InChI=1S/C24H23N3O6/c1-14-6-2-5-9-18(14)26-24(33)27-20-13-16-8-4-3-7-15(16)12-17(20)22(30)25-19(23(31)32)10-11-21(28)29/h2-9,12-13,19H,10-11H2,1H3,(H,25,30)(H,28,29)(H,31,32)(H2,26,27,33)/t19-/m0/s1. The highest BCUT2D eigenvalue weighted by Gasteiger charge is 2.24. The van der Waals surface area contributed by atoms with E-state index in [9.17, 15) is 24.3 Å². The summed E-state index contributed by atoms with van der Waals surface area (Å²) in [6, 6.07) is 15.6. The maximum atomic E-state index is 13.0. The van der Waals surface area contributed by atoms with E-state index in [2.05, 4.69) is 16.0 Å². The molecule has 0 saturated carbocycles. The fourth-order valence-corrected chi connectivity index (χ4v) is 3.28. The second-order valence-electron chi connectivity index (χ2n) is 7.44. The Morgan fingerprint density at radius 3 is 2.09 bits per heavy atom. The molecule has 0 spiro atoms. The molecule has 3 aromatic rings. The van der Waals surface area contributed by atoms with E-state index in [1.807, 2.05) is 31.2 Å². The van der Waals surface area contributed by atoms with E-state index in [1.165, 1.54) is 0 Å². The number of benzene rings is 3. The number of urea groups is 1. The number of rotatable bonds is 8. The van der Waals surface area contributed by atoms with Gasteiger partial charge in [-0.15, -0.1) is 0 Å². The Balaban J connectivity index is 1.89. The molecule has 0 aliphatic rings. The number of para-hydroxylation sites is 1. The fourth-order valence-electron chi connectivity index (χ4n) is 3.28. The van der Waals surface area contributed by atoms with E-state index in [-0.39, 0.29) is 17.7 Å². The second-order valence-corrected chi connectivity index (χ2v) is 7.44. The van der Waals surface area contributed by atoms with Crippen LogP contribution in [0.25, 0.3) is 10.8 Å². The van der Waals surface area contributed by atoms with Gasteiger partial charge < -0.3 is 26.2 Å². The van der Waals surface area contributed by atoms with Gasteiger partial charge in [0.15, 0.2) is 0 Å². The molecule has 3 amide bonds. The molecular weight excluding hydrogens is 426 g/mol. The molecule has 0 aliphatic heterocycles. The zero-order valence-electron chi connectivity index (χ0n) is 17.8. The van der Waals surface area contributed by atoms with Crippen LogP contribution >= 0.6 is 0 Å². The zero-order chi connectivity index (χ0) is 24.0. The number of amides is 3. The number of aryl methyl sites for hydroxylation is 1. The van der Waals surface area contributed by atoms with Crippen molar-refractivity contribution in [1.29, 1.82) is 0 Å². The first-order valence-electron chi connectivity index (χ1n) is 10.2. The zero-order valence-corrected chi connectivity index (χ0v) is 17.8. The third kappa shape index (κ3) is 6.07. The van der Waals surface area contributed by atoms with Crippen molar-refractivity contribution in [2.24, 2.45) is 0 Å². The number of carbonyl (C=O) groups excluding carboxylic acids is 2. The summed E-state index contributed by atoms with van der Waals surface area (Å²) in [5.41, 5.74) is 1.68. The monoisotopic (exact) mass is 449 g/mol. The van der Waals surface area contributed by atoms with Gasteiger partial charge in [0.2, 0.25) is 0 Å². The quantitative estimate of drug-likeness (QED) is 0.353. The minimum Gasteiger partial charge on any atom is -0.481 e. The summed E-state index contributed by atoms with van der Waals surface area (Å²) in [4.78, 5) is 47.9. The Kier molecular flexibility index (Phi) is 7.24. The summed E-state index contributed by atoms with van der Waals surface area (Å²) >= 11 is 0.